The van der Waals surface area contributed by atoms with Gasteiger partial charge in [-0.05, 0) is 55.8 Å². The summed E-state index contributed by atoms with van der Waals surface area (Å²) in [6, 6.07) is 16.1. The first-order chi connectivity index (χ1) is 13.9. The Morgan fingerprint density at radius 1 is 0.967 bits per heavy atom. The van der Waals surface area contributed by atoms with Crippen LogP contribution in [-0.4, -0.2) is 33.6 Å². The highest BCUT2D eigenvalue weighted by Gasteiger charge is 2.21. The molecule has 0 bridgehead atoms. The van der Waals surface area contributed by atoms with E-state index in [-0.39, 0.29) is 17.3 Å². The Hall–Kier alpha value is -2.77. The third kappa shape index (κ3) is 5.87. The van der Waals surface area contributed by atoms with E-state index in [4.69, 9.17) is 4.74 Å². The van der Waals surface area contributed by atoms with Gasteiger partial charge >= 0.3 is 0 Å². The van der Waals surface area contributed by atoms with E-state index in [2.05, 4.69) is 10.3 Å². The van der Waals surface area contributed by atoms with Gasteiger partial charge in [0.2, 0.25) is 0 Å². The lowest BCUT2D eigenvalue weighted by atomic mass is 10.2. The second-order valence-corrected chi connectivity index (χ2v) is 8.77. The van der Waals surface area contributed by atoms with E-state index in [1.165, 1.54) is 4.31 Å². The lowest BCUT2D eigenvalue weighted by molar-refractivity contribution is 0.333. The number of nitrogens with one attached hydrogen (secondary N) is 1. The molecule has 0 aliphatic carbocycles. The fraction of sp³-hybridized carbons (Fsp3) is 0.227. The molecule has 0 amide bonds. The van der Waals surface area contributed by atoms with Crippen LogP contribution in [0.5, 0.6) is 5.75 Å². The fourth-order valence-corrected chi connectivity index (χ4v) is 4.01. The van der Waals surface area contributed by atoms with Crippen molar-refractivity contribution in [3.8, 4) is 5.75 Å². The zero-order chi connectivity index (χ0) is 20.9. The van der Waals surface area contributed by atoms with Crippen molar-refractivity contribution in [2.75, 3.05) is 29.8 Å². The molecule has 3 rings (SSSR count). The molecule has 1 N–H and O–H groups in total. The number of halogens is 1. The van der Waals surface area contributed by atoms with Gasteiger partial charge < -0.3 is 10.1 Å². The number of aromatic nitrogens is 1. The number of benzene rings is 2. The molecule has 2 aromatic carbocycles. The Morgan fingerprint density at radius 2 is 1.63 bits per heavy atom. The topological polar surface area (TPSA) is 71.5 Å². The minimum atomic E-state index is -3.64. The molecular weight excluding hydrogens is 422 g/mol. The van der Waals surface area contributed by atoms with Crippen LogP contribution in [0.15, 0.2) is 71.9 Å². The maximum Gasteiger partial charge on any atom is 0.264 e. The molecule has 0 fully saturated rings. The van der Waals surface area contributed by atoms with Gasteiger partial charge in [0.25, 0.3) is 10.0 Å². The Balaban J connectivity index is 0.00000320. The van der Waals surface area contributed by atoms with Gasteiger partial charge in [0.15, 0.2) is 0 Å². The zero-order valence-electron chi connectivity index (χ0n) is 17.2. The molecule has 0 spiro atoms. The molecule has 0 saturated carbocycles. The number of ether oxygens (including phenoxy) is 1. The van der Waals surface area contributed by atoms with Crippen molar-refractivity contribution in [1.82, 2.24) is 4.98 Å². The first-order valence-electron chi connectivity index (χ1n) is 9.30. The van der Waals surface area contributed by atoms with Crippen LogP contribution in [-0.2, 0) is 10.0 Å². The summed E-state index contributed by atoms with van der Waals surface area (Å²) in [5.74, 6) is 0.627. The lowest BCUT2D eigenvalue weighted by Gasteiger charge is -2.21. The SMILES string of the molecule is Cc1ccc(S(=O)(=O)N(C)c2cc(C)cc(OCCNc3ccncc3)c2)cc1.Cl. The largest absolute Gasteiger partial charge is 0.492 e. The molecule has 3 aromatic rings. The van der Waals surface area contributed by atoms with Crippen molar-refractivity contribution in [3.63, 3.8) is 0 Å². The van der Waals surface area contributed by atoms with Crippen molar-refractivity contribution in [3.05, 3.63) is 78.1 Å². The van der Waals surface area contributed by atoms with Crippen molar-refractivity contribution < 1.29 is 13.2 Å². The molecule has 8 heteroatoms. The third-order valence-electron chi connectivity index (χ3n) is 4.46. The number of rotatable bonds is 8. The average Bonchev–Trinajstić information content (AvgIpc) is 2.71. The van der Waals surface area contributed by atoms with Gasteiger partial charge in [-0.1, -0.05) is 17.7 Å². The van der Waals surface area contributed by atoms with Crippen molar-refractivity contribution in [1.29, 1.82) is 0 Å². The Bertz CT molecular complexity index is 1060. The second-order valence-electron chi connectivity index (χ2n) is 6.80. The molecule has 0 saturated heterocycles. The van der Waals surface area contributed by atoms with Gasteiger partial charge in [-0.3, -0.25) is 9.29 Å². The van der Waals surface area contributed by atoms with E-state index >= 15 is 0 Å². The van der Waals surface area contributed by atoms with Crippen LogP contribution in [0.1, 0.15) is 11.1 Å². The highest BCUT2D eigenvalue weighted by atomic mass is 35.5. The molecule has 0 radical (unpaired) electrons. The molecule has 0 unspecified atom stereocenters. The molecule has 6 nitrogen and oxygen atoms in total. The number of hydrogen-bond acceptors (Lipinski definition) is 5. The highest BCUT2D eigenvalue weighted by Crippen LogP contribution is 2.27. The number of pyridine rings is 1. The first-order valence-corrected chi connectivity index (χ1v) is 10.7. The van der Waals surface area contributed by atoms with Crippen LogP contribution in [0, 0.1) is 13.8 Å². The van der Waals surface area contributed by atoms with Crippen LogP contribution < -0.4 is 14.4 Å². The maximum atomic E-state index is 13.0. The molecule has 1 aromatic heterocycles. The average molecular weight is 448 g/mol. The minimum Gasteiger partial charge on any atom is -0.492 e. The first kappa shape index (κ1) is 23.5. The standard InChI is InChI=1S/C22H25N3O3S.ClH/c1-17-4-6-22(7-5-17)29(26,27)25(3)20-14-18(2)15-21(16-20)28-13-12-24-19-8-10-23-11-9-19;/h4-11,14-16H,12-13H2,1-3H3,(H,23,24);1H. The lowest BCUT2D eigenvalue weighted by Crippen LogP contribution is -2.26. The van der Waals surface area contributed by atoms with E-state index in [1.807, 2.05) is 38.1 Å². The van der Waals surface area contributed by atoms with Crippen LogP contribution in [0.3, 0.4) is 0 Å². The molecule has 0 aliphatic rings. The van der Waals surface area contributed by atoms with Gasteiger partial charge in [0.05, 0.1) is 10.6 Å². The van der Waals surface area contributed by atoms with E-state index in [1.54, 1.807) is 49.8 Å². The highest BCUT2D eigenvalue weighted by molar-refractivity contribution is 7.92. The second kappa shape index (κ2) is 10.3. The predicted molar refractivity (Wildman–Crippen MR) is 123 cm³/mol. The summed E-state index contributed by atoms with van der Waals surface area (Å²) < 4.78 is 33.0. The quantitative estimate of drug-likeness (QED) is 0.517. The monoisotopic (exact) mass is 447 g/mol. The summed E-state index contributed by atoms with van der Waals surface area (Å²) in [7, 11) is -2.09. The smallest absolute Gasteiger partial charge is 0.264 e. The molecule has 0 atom stereocenters. The van der Waals surface area contributed by atoms with Crippen LogP contribution in [0.2, 0.25) is 0 Å². The van der Waals surface area contributed by atoms with Gasteiger partial charge in [-0.2, -0.15) is 0 Å². The minimum absolute atomic E-state index is 0. The Morgan fingerprint density at radius 3 is 2.30 bits per heavy atom. The van der Waals surface area contributed by atoms with Gasteiger partial charge in [-0.25, -0.2) is 8.42 Å². The van der Waals surface area contributed by atoms with Gasteiger partial charge in [0, 0.05) is 37.7 Å². The predicted octanol–water partition coefficient (Wildman–Crippen LogP) is 4.44. The number of anilines is 2. The number of aryl methyl sites for hydroxylation is 2. The van der Waals surface area contributed by atoms with Crippen molar-refractivity contribution >= 4 is 33.8 Å². The fourth-order valence-electron chi connectivity index (χ4n) is 2.83. The van der Waals surface area contributed by atoms with Crippen molar-refractivity contribution in [2.24, 2.45) is 0 Å². The number of sulfonamides is 1. The van der Waals surface area contributed by atoms with E-state index in [0.29, 0.717) is 24.6 Å². The van der Waals surface area contributed by atoms with Crippen LogP contribution >= 0.6 is 12.4 Å². The molecule has 0 aliphatic heterocycles. The number of hydrogen-bond donors (Lipinski definition) is 1. The van der Waals surface area contributed by atoms with Crippen LogP contribution in [0.25, 0.3) is 0 Å². The van der Waals surface area contributed by atoms with E-state index in [0.717, 1.165) is 16.8 Å². The normalized spacial score (nSPS) is 10.8. The van der Waals surface area contributed by atoms with Gasteiger partial charge in [-0.15, -0.1) is 12.4 Å². The van der Waals surface area contributed by atoms with Crippen molar-refractivity contribution in [2.45, 2.75) is 18.7 Å². The maximum absolute atomic E-state index is 13.0. The summed E-state index contributed by atoms with van der Waals surface area (Å²) in [5.41, 5.74) is 3.46. The summed E-state index contributed by atoms with van der Waals surface area (Å²) in [5, 5.41) is 3.25. The third-order valence-corrected chi connectivity index (χ3v) is 6.26. The van der Waals surface area contributed by atoms with Gasteiger partial charge in [0.1, 0.15) is 12.4 Å². The molecule has 160 valence electrons. The Kier molecular flexibility index (Phi) is 8.08. The number of nitrogens with zero attached hydrogens (tertiary/aromatic N) is 2. The van der Waals surface area contributed by atoms with Crippen LogP contribution in [0.4, 0.5) is 11.4 Å². The Labute approximate surface area is 184 Å². The summed E-state index contributed by atoms with van der Waals surface area (Å²) in [6.45, 7) is 4.90. The zero-order valence-corrected chi connectivity index (χ0v) is 18.8. The van der Waals surface area contributed by atoms with E-state index in [9.17, 15) is 8.42 Å². The molecular formula is C22H26ClN3O3S. The molecule has 1 heterocycles. The summed E-state index contributed by atoms with van der Waals surface area (Å²) >= 11 is 0. The molecule has 30 heavy (non-hydrogen) atoms. The summed E-state index contributed by atoms with van der Waals surface area (Å²) in [4.78, 5) is 4.24. The van der Waals surface area contributed by atoms with E-state index < -0.39 is 10.0 Å². The summed E-state index contributed by atoms with van der Waals surface area (Å²) in [6.07, 6.45) is 3.45.